The minimum Gasteiger partial charge on any atom is -0.508 e. The van der Waals surface area contributed by atoms with Gasteiger partial charge in [-0.25, -0.2) is 4.79 Å². The van der Waals surface area contributed by atoms with Crippen LogP contribution in [0.2, 0.25) is 0 Å². The van der Waals surface area contributed by atoms with Gasteiger partial charge in [0.25, 0.3) is 11.8 Å². The van der Waals surface area contributed by atoms with E-state index in [1.807, 2.05) is 39.8 Å². The fraction of sp³-hybridized carbons (Fsp3) is 0.360. The second-order valence-corrected chi connectivity index (χ2v) is 17.6. The molecule has 1 unspecified atom stereocenters. The number of nitrogens with zero attached hydrogens (tertiary/aromatic N) is 5. The highest BCUT2D eigenvalue weighted by atomic mass is 16.6. The van der Waals surface area contributed by atoms with Gasteiger partial charge in [0.15, 0.2) is 5.82 Å². The molecule has 5 N–H and O–H groups in total. The number of amides is 6. The molecule has 4 aromatic carbocycles. The van der Waals surface area contributed by atoms with Crippen molar-refractivity contribution in [2.75, 3.05) is 25.0 Å². The maximum absolute atomic E-state index is 13.4. The molecule has 0 aliphatic carbocycles. The predicted molar refractivity (Wildman–Crippen MR) is 249 cm³/mol. The van der Waals surface area contributed by atoms with Crippen LogP contribution in [0.1, 0.15) is 108 Å². The number of nitrogens with one attached hydrogen (secondary N) is 3. The molecule has 0 saturated carbocycles. The van der Waals surface area contributed by atoms with Gasteiger partial charge in [0.1, 0.15) is 35.1 Å². The summed E-state index contributed by atoms with van der Waals surface area (Å²) in [5.41, 5.74) is 5.38. The van der Waals surface area contributed by atoms with Crippen LogP contribution < -0.4 is 25.4 Å². The second kappa shape index (κ2) is 19.6. The van der Waals surface area contributed by atoms with E-state index in [-0.39, 0.29) is 78.7 Å². The topological polar surface area (TPSA) is 235 Å². The lowest BCUT2D eigenvalue weighted by Crippen LogP contribution is -2.52. The summed E-state index contributed by atoms with van der Waals surface area (Å²) in [6.45, 7) is 10.7. The zero-order valence-corrected chi connectivity index (χ0v) is 38.6. The van der Waals surface area contributed by atoms with E-state index in [2.05, 4.69) is 26.1 Å². The summed E-state index contributed by atoms with van der Waals surface area (Å²) >= 11 is 0. The van der Waals surface area contributed by atoms with E-state index >= 15 is 0 Å². The van der Waals surface area contributed by atoms with Gasteiger partial charge in [-0.2, -0.15) is 0 Å². The Morgan fingerprint density at radius 2 is 1.62 bits per heavy atom. The number of imide groups is 1. The molecule has 1 aromatic heterocycles. The average molecular weight is 927 g/mol. The predicted octanol–water partition coefficient (Wildman–Crippen LogP) is 6.21. The number of benzene rings is 4. The number of hydrogen-bond donors (Lipinski definition) is 5. The van der Waals surface area contributed by atoms with Crippen molar-refractivity contribution in [2.24, 2.45) is 0 Å². The first-order valence-corrected chi connectivity index (χ1v) is 22.8. The minimum absolute atomic E-state index is 0.0203. The van der Waals surface area contributed by atoms with Crippen molar-refractivity contribution >= 4 is 41.3 Å². The number of aryl methyl sites for hydroxylation is 3. The third kappa shape index (κ3) is 9.70. The molecule has 68 heavy (non-hydrogen) atoms. The van der Waals surface area contributed by atoms with Crippen LogP contribution in [0.25, 0.3) is 17.1 Å². The normalized spacial score (nSPS) is 16.1. The first kappa shape index (κ1) is 46.8. The van der Waals surface area contributed by atoms with Crippen molar-refractivity contribution in [1.82, 2.24) is 35.2 Å². The van der Waals surface area contributed by atoms with Crippen LogP contribution in [-0.2, 0) is 27.3 Å². The number of anilines is 1. The Bertz CT molecular complexity index is 2790. The monoisotopic (exact) mass is 926 g/mol. The van der Waals surface area contributed by atoms with E-state index < -0.39 is 23.9 Å². The SMILES string of the molecule is CCNC(=O)c1nnc(-c2cc(C(C)C)c(O)cc2O)n1-c1ccc(OC2CCN(C(=O)Oc3c(C)cc(CCC(=O)Nc4cccc5c4CN(C4CCC(=O)NC4=O)C5=O)cc3C)CC2)cc1. The van der Waals surface area contributed by atoms with Crippen LogP contribution in [-0.4, -0.2) is 102 Å². The molecule has 2 fully saturated rings. The molecule has 354 valence electrons. The fourth-order valence-electron chi connectivity index (χ4n) is 9.02. The number of aromatic nitrogens is 3. The van der Waals surface area contributed by atoms with Gasteiger partial charge in [-0.1, -0.05) is 32.0 Å². The maximum atomic E-state index is 13.4. The number of phenols is 2. The van der Waals surface area contributed by atoms with Gasteiger partial charge in [-0.3, -0.25) is 33.9 Å². The Morgan fingerprint density at radius 1 is 0.897 bits per heavy atom. The Hall–Kier alpha value is -7.76. The summed E-state index contributed by atoms with van der Waals surface area (Å²) in [5.74, 6) is -0.904. The molecular formula is C50H54N8O10. The minimum atomic E-state index is -0.757. The molecule has 18 heteroatoms. The number of hydrogen-bond acceptors (Lipinski definition) is 12. The van der Waals surface area contributed by atoms with Crippen molar-refractivity contribution in [1.29, 1.82) is 0 Å². The van der Waals surface area contributed by atoms with Crippen molar-refractivity contribution < 1.29 is 48.5 Å². The number of likely N-dealkylation sites (tertiary alicyclic amines) is 1. The lowest BCUT2D eigenvalue weighted by molar-refractivity contribution is -0.137. The molecule has 18 nitrogen and oxygen atoms in total. The lowest BCUT2D eigenvalue weighted by Gasteiger charge is -2.31. The fourth-order valence-corrected chi connectivity index (χ4v) is 9.02. The average Bonchev–Trinajstić information content (AvgIpc) is 3.89. The molecule has 6 amide bonds. The van der Waals surface area contributed by atoms with Crippen LogP contribution in [0.4, 0.5) is 10.5 Å². The number of fused-ring (bicyclic) bond motifs is 1. The Balaban J connectivity index is 0.844. The number of ether oxygens (including phenoxy) is 2. The molecule has 0 radical (unpaired) electrons. The molecule has 8 rings (SSSR count). The van der Waals surface area contributed by atoms with Crippen LogP contribution in [0.15, 0.2) is 66.7 Å². The van der Waals surface area contributed by atoms with Gasteiger partial charge < -0.3 is 40.1 Å². The lowest BCUT2D eigenvalue weighted by atomic mass is 9.98. The van der Waals surface area contributed by atoms with Crippen molar-refractivity contribution in [3.05, 3.63) is 106 Å². The van der Waals surface area contributed by atoms with Crippen molar-refractivity contribution in [3.63, 3.8) is 0 Å². The molecule has 3 aliphatic heterocycles. The Morgan fingerprint density at radius 3 is 2.29 bits per heavy atom. The van der Waals surface area contributed by atoms with Crippen molar-refractivity contribution in [2.45, 2.75) is 97.8 Å². The quantitative estimate of drug-likeness (QED) is 0.0830. The number of carbonyl (C=O) groups excluding carboxylic acids is 6. The van der Waals surface area contributed by atoms with Gasteiger partial charge in [0.2, 0.25) is 23.5 Å². The van der Waals surface area contributed by atoms with Crippen LogP contribution in [0.3, 0.4) is 0 Å². The molecule has 5 aromatic rings. The summed E-state index contributed by atoms with van der Waals surface area (Å²) in [6.07, 6.45) is 1.44. The van der Waals surface area contributed by atoms with Gasteiger partial charge in [-0.05, 0) is 104 Å². The van der Waals surface area contributed by atoms with E-state index in [9.17, 15) is 39.0 Å². The van der Waals surface area contributed by atoms with Gasteiger partial charge in [-0.15, -0.1) is 10.2 Å². The molecule has 2 saturated heterocycles. The summed E-state index contributed by atoms with van der Waals surface area (Å²) in [4.78, 5) is 80.2. The molecule has 1 atom stereocenters. The second-order valence-electron chi connectivity index (χ2n) is 17.6. The highest BCUT2D eigenvalue weighted by molar-refractivity contribution is 6.07. The maximum Gasteiger partial charge on any atom is 0.415 e. The summed E-state index contributed by atoms with van der Waals surface area (Å²) in [5, 5.41) is 37.8. The summed E-state index contributed by atoms with van der Waals surface area (Å²) in [6, 6.07) is 18.1. The Labute approximate surface area is 392 Å². The molecular weight excluding hydrogens is 873 g/mol. The summed E-state index contributed by atoms with van der Waals surface area (Å²) < 4.78 is 13.8. The van der Waals surface area contributed by atoms with Gasteiger partial charge in [0, 0.05) is 80.4 Å². The van der Waals surface area contributed by atoms with Crippen molar-refractivity contribution in [3.8, 4) is 40.1 Å². The number of piperidine rings is 2. The van der Waals surface area contributed by atoms with E-state index in [0.717, 1.165) is 16.7 Å². The first-order valence-electron chi connectivity index (χ1n) is 22.8. The number of rotatable bonds is 13. The highest BCUT2D eigenvalue weighted by Crippen LogP contribution is 2.39. The Kier molecular flexibility index (Phi) is 13.5. The van der Waals surface area contributed by atoms with Gasteiger partial charge in [0.05, 0.1) is 5.56 Å². The summed E-state index contributed by atoms with van der Waals surface area (Å²) in [7, 11) is 0. The van der Waals surface area contributed by atoms with E-state index in [4.69, 9.17) is 9.47 Å². The molecule has 4 heterocycles. The highest BCUT2D eigenvalue weighted by Gasteiger charge is 2.40. The largest absolute Gasteiger partial charge is 0.508 e. The van der Waals surface area contributed by atoms with E-state index in [0.29, 0.717) is 84.0 Å². The van der Waals surface area contributed by atoms with Gasteiger partial charge >= 0.3 is 6.09 Å². The third-order valence-corrected chi connectivity index (χ3v) is 12.5. The standard InChI is InChI=1S/C50H54N8O10/c1-6-51-48(64)46-55-54-45(36-24-35(27(2)3)40(59)25-41(36)60)58(46)31-11-13-32(14-12-31)67-33-18-20-56(21-19-33)50(66)68-44-28(4)22-30(23-29(44)5)10-16-42(61)52-38-9-7-8-34-37(38)26-57(49(34)65)39-15-17-43(62)53-47(39)63/h7-9,11-14,22-25,27,33,39,59-60H,6,10,15-21,26H2,1-5H3,(H,51,64)(H,52,61)(H,53,62,63). The molecule has 0 spiro atoms. The number of phenolic OH excluding ortho intramolecular Hbond substituents is 2. The zero-order chi connectivity index (χ0) is 48.4. The third-order valence-electron chi connectivity index (χ3n) is 12.5. The zero-order valence-electron chi connectivity index (χ0n) is 38.6. The molecule has 3 aliphatic rings. The van der Waals surface area contributed by atoms with E-state index in [1.165, 1.54) is 11.0 Å². The first-order chi connectivity index (χ1) is 32.6. The van der Waals surface area contributed by atoms with E-state index in [1.54, 1.807) is 64.9 Å². The number of carbonyl (C=O) groups is 6. The molecule has 0 bridgehead atoms. The smallest absolute Gasteiger partial charge is 0.415 e. The number of aromatic hydroxyl groups is 2. The van der Waals surface area contributed by atoms with Crippen LogP contribution in [0, 0.1) is 13.8 Å². The van der Waals surface area contributed by atoms with Crippen LogP contribution >= 0.6 is 0 Å². The van der Waals surface area contributed by atoms with Crippen LogP contribution in [0.5, 0.6) is 23.0 Å².